The Morgan fingerprint density at radius 3 is 2.36 bits per heavy atom. The molecule has 0 aliphatic carbocycles. The van der Waals surface area contributed by atoms with Crippen molar-refractivity contribution in [2.45, 2.75) is 0 Å². The second kappa shape index (κ2) is 6.35. The molecule has 0 amide bonds. The van der Waals surface area contributed by atoms with E-state index in [9.17, 15) is 4.79 Å². The van der Waals surface area contributed by atoms with Gasteiger partial charge in [-0.25, -0.2) is 6.08 Å². The van der Waals surface area contributed by atoms with Gasteiger partial charge in [-0.1, -0.05) is 30.3 Å². The Kier molecular flexibility index (Phi) is 6.13. The minimum absolute atomic E-state index is 0. The smallest absolute Gasteiger partial charge is 0.419 e. The van der Waals surface area contributed by atoms with Gasteiger partial charge in [-0.3, -0.25) is 0 Å². The Bertz CT molecular complexity index is 229. The topological polar surface area (TPSA) is 17.1 Å². The Hall–Kier alpha value is -0.370. The van der Waals surface area contributed by atoms with E-state index in [1.54, 1.807) is 12.4 Å². The van der Waals surface area contributed by atoms with Crippen LogP contribution in [0.1, 0.15) is 5.56 Å². The van der Waals surface area contributed by atoms with Gasteiger partial charge >= 0.3 is 29.6 Å². The number of rotatable bonds is 2. The Morgan fingerprint density at radius 1 is 1.18 bits per heavy atom. The van der Waals surface area contributed by atoms with E-state index < -0.39 is 0 Å². The number of hydrogen-bond donors (Lipinski definition) is 0. The summed E-state index contributed by atoms with van der Waals surface area (Å²) in [4.78, 5) is 9.77. The molecule has 0 aliphatic rings. The van der Waals surface area contributed by atoms with E-state index >= 15 is 0 Å². The molecule has 0 unspecified atom stereocenters. The molecule has 0 heterocycles. The first-order chi connectivity index (χ1) is 4.93. The SMILES string of the molecule is O=[C-]C=Cc1ccccc1.[Na+]. The third-order valence-corrected chi connectivity index (χ3v) is 1.14. The molecule has 50 valence electrons. The Morgan fingerprint density at radius 2 is 1.82 bits per heavy atom. The molecule has 1 aromatic rings. The van der Waals surface area contributed by atoms with E-state index in [1.807, 2.05) is 30.3 Å². The van der Waals surface area contributed by atoms with Gasteiger partial charge in [-0.05, 0) is 6.29 Å². The molecule has 0 N–H and O–H groups in total. The van der Waals surface area contributed by atoms with Crippen LogP contribution < -0.4 is 29.6 Å². The summed E-state index contributed by atoms with van der Waals surface area (Å²) in [6.07, 6.45) is 4.76. The molecule has 0 aliphatic heterocycles. The summed E-state index contributed by atoms with van der Waals surface area (Å²) in [5.74, 6) is 0. The van der Waals surface area contributed by atoms with Crippen LogP contribution in [0.4, 0.5) is 0 Å². The van der Waals surface area contributed by atoms with Gasteiger partial charge in [-0.15, -0.1) is 5.56 Å². The van der Waals surface area contributed by atoms with Gasteiger partial charge in [0.15, 0.2) is 0 Å². The maximum absolute atomic E-state index is 9.77. The van der Waals surface area contributed by atoms with Gasteiger partial charge in [0.2, 0.25) is 0 Å². The van der Waals surface area contributed by atoms with Crippen molar-refractivity contribution in [3.05, 3.63) is 42.0 Å². The normalized spacial score (nSPS) is 9.09. The van der Waals surface area contributed by atoms with Crippen molar-refractivity contribution in [1.82, 2.24) is 0 Å². The summed E-state index contributed by atoms with van der Waals surface area (Å²) in [5, 5.41) is 0. The molecule has 0 spiro atoms. The van der Waals surface area contributed by atoms with Gasteiger partial charge in [0.05, 0.1) is 0 Å². The zero-order chi connectivity index (χ0) is 7.23. The quantitative estimate of drug-likeness (QED) is 0.297. The van der Waals surface area contributed by atoms with Crippen LogP contribution in [-0.4, -0.2) is 6.29 Å². The summed E-state index contributed by atoms with van der Waals surface area (Å²) in [6, 6.07) is 9.62. The molecule has 0 bridgehead atoms. The summed E-state index contributed by atoms with van der Waals surface area (Å²) in [6.45, 7) is 0. The van der Waals surface area contributed by atoms with Crippen LogP contribution in [0.3, 0.4) is 0 Å². The second-order valence-electron chi connectivity index (χ2n) is 1.86. The minimum Gasteiger partial charge on any atom is -0.419 e. The van der Waals surface area contributed by atoms with E-state index in [4.69, 9.17) is 0 Å². The van der Waals surface area contributed by atoms with Crippen LogP contribution in [0.5, 0.6) is 0 Å². The number of carbonyl (C=O) groups excluding carboxylic acids is 1. The fraction of sp³-hybridized carbons (Fsp3) is 0. The third-order valence-electron chi connectivity index (χ3n) is 1.14. The van der Waals surface area contributed by atoms with Gasteiger partial charge in [-0.2, -0.15) is 6.08 Å². The van der Waals surface area contributed by atoms with Crippen molar-refractivity contribution in [3.8, 4) is 0 Å². The predicted molar refractivity (Wildman–Crippen MR) is 41.2 cm³/mol. The summed E-state index contributed by atoms with van der Waals surface area (Å²) in [7, 11) is 0. The minimum atomic E-state index is 0. The van der Waals surface area contributed by atoms with Gasteiger partial charge in [0.25, 0.3) is 0 Å². The van der Waals surface area contributed by atoms with Crippen molar-refractivity contribution in [3.63, 3.8) is 0 Å². The monoisotopic (exact) mass is 154 g/mol. The van der Waals surface area contributed by atoms with Crippen LogP contribution in [0.15, 0.2) is 36.4 Å². The molecular weight excluding hydrogens is 147 g/mol. The fourth-order valence-corrected chi connectivity index (χ4v) is 0.694. The Balaban J connectivity index is 0.000001000. The zero-order valence-corrected chi connectivity index (χ0v) is 8.45. The first kappa shape index (κ1) is 10.6. The van der Waals surface area contributed by atoms with Gasteiger partial charge < -0.3 is 4.79 Å². The molecule has 2 heteroatoms. The first-order valence-electron chi connectivity index (χ1n) is 3.03. The average molecular weight is 154 g/mol. The van der Waals surface area contributed by atoms with Crippen LogP contribution in [0.25, 0.3) is 6.08 Å². The molecule has 1 aromatic carbocycles. The van der Waals surface area contributed by atoms with E-state index in [2.05, 4.69) is 0 Å². The van der Waals surface area contributed by atoms with E-state index in [1.165, 1.54) is 6.08 Å². The van der Waals surface area contributed by atoms with Crippen LogP contribution in [-0.2, 0) is 4.79 Å². The molecule has 0 atom stereocenters. The van der Waals surface area contributed by atoms with Gasteiger partial charge in [0.1, 0.15) is 0 Å². The summed E-state index contributed by atoms with van der Waals surface area (Å²) >= 11 is 0. The second-order valence-corrected chi connectivity index (χ2v) is 1.86. The van der Waals surface area contributed by atoms with Crippen LogP contribution in [0.2, 0.25) is 0 Å². The largest absolute Gasteiger partial charge is 1.00 e. The molecule has 0 saturated heterocycles. The number of allylic oxidation sites excluding steroid dienone is 1. The molecule has 0 aromatic heterocycles. The van der Waals surface area contributed by atoms with Crippen molar-refractivity contribution >= 4 is 12.4 Å². The molecular formula is C9H7NaO. The van der Waals surface area contributed by atoms with Crippen molar-refractivity contribution in [1.29, 1.82) is 0 Å². The van der Waals surface area contributed by atoms with E-state index in [-0.39, 0.29) is 29.6 Å². The van der Waals surface area contributed by atoms with Crippen molar-refractivity contribution in [2.75, 3.05) is 0 Å². The van der Waals surface area contributed by atoms with Crippen LogP contribution in [0, 0.1) is 0 Å². The zero-order valence-electron chi connectivity index (χ0n) is 6.45. The van der Waals surface area contributed by atoms with Gasteiger partial charge in [0, 0.05) is 0 Å². The Labute approximate surface area is 88.4 Å². The fourth-order valence-electron chi connectivity index (χ4n) is 0.694. The molecule has 0 saturated carbocycles. The number of hydrogen-bond acceptors (Lipinski definition) is 1. The van der Waals surface area contributed by atoms with Crippen molar-refractivity contribution in [2.24, 2.45) is 0 Å². The maximum Gasteiger partial charge on any atom is 1.00 e. The standard InChI is InChI=1S/C9H7O.Na/c10-8-4-7-9-5-2-1-3-6-9;/h1-7H;/q-1;+1. The van der Waals surface area contributed by atoms with E-state index in [0.29, 0.717) is 0 Å². The molecule has 0 radical (unpaired) electrons. The van der Waals surface area contributed by atoms with Crippen molar-refractivity contribution < 1.29 is 34.4 Å². The third kappa shape index (κ3) is 4.14. The maximum atomic E-state index is 9.77. The van der Waals surface area contributed by atoms with Crippen LogP contribution >= 0.6 is 0 Å². The average Bonchev–Trinajstić information content (AvgIpc) is 2.03. The first-order valence-corrected chi connectivity index (χ1v) is 3.03. The summed E-state index contributed by atoms with van der Waals surface area (Å²) in [5.41, 5.74) is 1.02. The predicted octanol–water partition coefficient (Wildman–Crippen LogP) is -1.19. The molecule has 11 heavy (non-hydrogen) atoms. The molecule has 1 rings (SSSR count). The van der Waals surface area contributed by atoms with E-state index in [0.717, 1.165) is 5.56 Å². The molecule has 1 nitrogen and oxygen atoms in total. The summed E-state index contributed by atoms with van der Waals surface area (Å²) < 4.78 is 0. The molecule has 0 fully saturated rings. The number of benzene rings is 1.